The molecule has 0 aliphatic rings. The largest absolute Gasteiger partial charge is 0.237 e. The highest BCUT2D eigenvalue weighted by Gasteiger charge is 2.25. The van der Waals surface area contributed by atoms with Crippen LogP contribution in [0.25, 0.3) is 32.4 Å². The molecule has 0 saturated carbocycles. The standard InChI is InChI=1S/C29H36N2/c1-13-14(2)19(7)24-22(17(13)5)23-18(6)15(3)16(4)20(8)25(23)27-26(24)21(9)30-28(31-27)29(10,11)12/h1-12H3. The number of fused-ring (bicyclic) bond motifs is 6. The molecule has 2 heteroatoms. The minimum absolute atomic E-state index is 0.100. The fraction of sp³-hybridized carbons (Fsp3) is 0.448. The average Bonchev–Trinajstić information content (AvgIpc) is 2.70. The molecule has 0 spiro atoms. The molecule has 1 aromatic heterocycles. The first-order valence-electron chi connectivity index (χ1n) is 11.4. The lowest BCUT2D eigenvalue weighted by molar-refractivity contribution is 0.546. The second-order valence-electron chi connectivity index (χ2n) is 10.6. The summed E-state index contributed by atoms with van der Waals surface area (Å²) in [6.07, 6.45) is 0. The number of aromatic nitrogens is 2. The molecule has 31 heavy (non-hydrogen) atoms. The predicted octanol–water partition coefficient (Wildman–Crippen LogP) is 8.01. The molecule has 0 fully saturated rings. The Morgan fingerprint density at radius 3 is 1.19 bits per heavy atom. The zero-order valence-corrected chi connectivity index (χ0v) is 21.4. The van der Waals surface area contributed by atoms with Crippen molar-refractivity contribution in [2.24, 2.45) is 0 Å². The Hall–Kier alpha value is -2.48. The van der Waals surface area contributed by atoms with E-state index < -0.39 is 0 Å². The summed E-state index contributed by atoms with van der Waals surface area (Å²) in [7, 11) is 0. The van der Waals surface area contributed by atoms with E-state index in [2.05, 4.69) is 83.1 Å². The van der Waals surface area contributed by atoms with E-state index in [1.54, 1.807) is 0 Å². The number of hydrogen-bond donors (Lipinski definition) is 0. The Morgan fingerprint density at radius 1 is 0.419 bits per heavy atom. The van der Waals surface area contributed by atoms with Gasteiger partial charge in [0, 0.05) is 21.9 Å². The molecule has 0 radical (unpaired) electrons. The molecule has 4 rings (SSSR count). The summed E-state index contributed by atoms with van der Waals surface area (Å²) in [5.41, 5.74) is 13.1. The molecular formula is C29H36N2. The molecule has 162 valence electrons. The van der Waals surface area contributed by atoms with Crippen LogP contribution in [0.2, 0.25) is 0 Å². The SMILES string of the molecule is Cc1c(C)c(C)c2c(c1C)c1nc(C(C)(C)C)nc(C)c1c1c(C)c(C)c(C)c(C)c12. The molecule has 0 bridgehead atoms. The summed E-state index contributed by atoms with van der Waals surface area (Å²) in [5, 5.41) is 6.65. The van der Waals surface area contributed by atoms with Crippen molar-refractivity contribution in [2.75, 3.05) is 0 Å². The average molecular weight is 413 g/mol. The molecule has 0 unspecified atom stereocenters. The van der Waals surface area contributed by atoms with Crippen LogP contribution in [-0.2, 0) is 5.41 Å². The van der Waals surface area contributed by atoms with E-state index in [0.29, 0.717) is 0 Å². The van der Waals surface area contributed by atoms with E-state index in [4.69, 9.17) is 9.97 Å². The van der Waals surface area contributed by atoms with E-state index in [9.17, 15) is 0 Å². The van der Waals surface area contributed by atoms with Gasteiger partial charge in [-0.25, -0.2) is 9.97 Å². The van der Waals surface area contributed by atoms with E-state index in [-0.39, 0.29) is 5.41 Å². The molecule has 0 aliphatic carbocycles. The monoisotopic (exact) mass is 412 g/mol. The molecule has 0 saturated heterocycles. The molecule has 3 aromatic carbocycles. The Balaban J connectivity index is 2.55. The lowest BCUT2D eigenvalue weighted by Crippen LogP contribution is -2.17. The summed E-state index contributed by atoms with van der Waals surface area (Å²) in [6.45, 7) is 26.9. The van der Waals surface area contributed by atoms with Crippen molar-refractivity contribution in [3.8, 4) is 0 Å². The summed E-state index contributed by atoms with van der Waals surface area (Å²) in [6, 6.07) is 0. The second kappa shape index (κ2) is 6.76. The van der Waals surface area contributed by atoms with Gasteiger partial charge in [-0.05, 0) is 123 Å². The molecule has 0 atom stereocenters. The van der Waals surface area contributed by atoms with Crippen molar-refractivity contribution in [3.05, 3.63) is 56.0 Å². The van der Waals surface area contributed by atoms with E-state index in [1.165, 1.54) is 71.4 Å². The van der Waals surface area contributed by atoms with Gasteiger partial charge in [-0.2, -0.15) is 0 Å². The first-order chi connectivity index (χ1) is 14.3. The number of benzene rings is 3. The van der Waals surface area contributed by atoms with Crippen molar-refractivity contribution in [2.45, 2.75) is 88.5 Å². The second-order valence-corrected chi connectivity index (χ2v) is 10.6. The van der Waals surface area contributed by atoms with Gasteiger partial charge >= 0.3 is 0 Å². The van der Waals surface area contributed by atoms with Crippen LogP contribution in [0.4, 0.5) is 0 Å². The first-order valence-corrected chi connectivity index (χ1v) is 11.4. The summed E-state index contributed by atoms with van der Waals surface area (Å²) in [5.74, 6) is 0.923. The van der Waals surface area contributed by atoms with Gasteiger partial charge in [0.15, 0.2) is 0 Å². The number of nitrogens with zero attached hydrogens (tertiary/aromatic N) is 2. The van der Waals surface area contributed by atoms with E-state index >= 15 is 0 Å². The van der Waals surface area contributed by atoms with Crippen LogP contribution in [0.5, 0.6) is 0 Å². The van der Waals surface area contributed by atoms with Crippen LogP contribution in [-0.4, -0.2) is 9.97 Å². The van der Waals surface area contributed by atoms with Gasteiger partial charge in [-0.3, -0.25) is 0 Å². The molecule has 2 nitrogen and oxygen atoms in total. The third kappa shape index (κ3) is 2.83. The predicted molar refractivity (Wildman–Crippen MR) is 136 cm³/mol. The molecule has 0 amide bonds. The Kier molecular flexibility index (Phi) is 4.74. The molecule has 0 N–H and O–H groups in total. The van der Waals surface area contributed by atoms with Crippen molar-refractivity contribution < 1.29 is 0 Å². The van der Waals surface area contributed by atoms with Gasteiger partial charge in [0.25, 0.3) is 0 Å². The van der Waals surface area contributed by atoms with Crippen LogP contribution < -0.4 is 0 Å². The Labute approximate surface area is 187 Å². The van der Waals surface area contributed by atoms with Crippen molar-refractivity contribution in [1.29, 1.82) is 0 Å². The maximum Gasteiger partial charge on any atom is 0.134 e. The molecule has 1 heterocycles. The van der Waals surface area contributed by atoms with Gasteiger partial charge in [0.1, 0.15) is 5.82 Å². The quantitative estimate of drug-likeness (QED) is 0.273. The van der Waals surface area contributed by atoms with Gasteiger partial charge in [-0.15, -0.1) is 0 Å². The highest BCUT2D eigenvalue weighted by Crippen LogP contribution is 2.45. The van der Waals surface area contributed by atoms with Crippen molar-refractivity contribution in [1.82, 2.24) is 9.97 Å². The lowest BCUT2D eigenvalue weighted by atomic mass is 9.81. The maximum atomic E-state index is 5.27. The number of rotatable bonds is 0. The lowest BCUT2D eigenvalue weighted by Gasteiger charge is -2.25. The van der Waals surface area contributed by atoms with Crippen molar-refractivity contribution >= 4 is 32.4 Å². The zero-order valence-electron chi connectivity index (χ0n) is 21.4. The van der Waals surface area contributed by atoms with Crippen molar-refractivity contribution in [3.63, 3.8) is 0 Å². The van der Waals surface area contributed by atoms with Crippen LogP contribution in [0, 0.1) is 62.3 Å². The fourth-order valence-electron chi connectivity index (χ4n) is 5.25. The summed E-state index contributed by atoms with van der Waals surface area (Å²) in [4.78, 5) is 10.3. The normalized spacial score (nSPS) is 12.5. The molecular weight excluding hydrogens is 376 g/mol. The Morgan fingerprint density at radius 2 is 0.774 bits per heavy atom. The maximum absolute atomic E-state index is 5.27. The van der Waals surface area contributed by atoms with Crippen LogP contribution in [0.3, 0.4) is 0 Å². The number of hydrogen-bond acceptors (Lipinski definition) is 2. The summed E-state index contributed by atoms with van der Waals surface area (Å²) >= 11 is 0. The third-order valence-corrected chi connectivity index (χ3v) is 7.87. The zero-order chi connectivity index (χ0) is 23.2. The summed E-state index contributed by atoms with van der Waals surface area (Å²) < 4.78 is 0. The minimum Gasteiger partial charge on any atom is -0.237 e. The Bertz CT molecular complexity index is 1430. The minimum atomic E-state index is -0.100. The van der Waals surface area contributed by atoms with E-state index in [0.717, 1.165) is 17.0 Å². The molecule has 4 aromatic rings. The fourth-order valence-corrected chi connectivity index (χ4v) is 5.25. The van der Waals surface area contributed by atoms with Crippen LogP contribution >= 0.6 is 0 Å². The topological polar surface area (TPSA) is 25.8 Å². The van der Waals surface area contributed by atoms with Crippen LogP contribution in [0.15, 0.2) is 0 Å². The van der Waals surface area contributed by atoms with Gasteiger partial charge in [-0.1, -0.05) is 20.8 Å². The highest BCUT2D eigenvalue weighted by atomic mass is 14.9. The first kappa shape index (κ1) is 21.7. The van der Waals surface area contributed by atoms with Gasteiger partial charge in [0.05, 0.1) is 5.52 Å². The van der Waals surface area contributed by atoms with E-state index in [1.807, 2.05) is 0 Å². The number of aryl methyl sites for hydroxylation is 5. The van der Waals surface area contributed by atoms with Gasteiger partial charge in [0.2, 0.25) is 0 Å². The van der Waals surface area contributed by atoms with Gasteiger partial charge < -0.3 is 0 Å². The third-order valence-electron chi connectivity index (χ3n) is 7.87. The highest BCUT2D eigenvalue weighted by molar-refractivity contribution is 6.28. The molecule has 0 aliphatic heterocycles. The smallest absolute Gasteiger partial charge is 0.134 e. The van der Waals surface area contributed by atoms with Crippen LogP contribution in [0.1, 0.15) is 76.8 Å².